The highest BCUT2D eigenvalue weighted by atomic mass is 32.2. The van der Waals surface area contributed by atoms with E-state index in [1.165, 1.54) is 6.92 Å². The van der Waals surface area contributed by atoms with Crippen LogP contribution >= 0.6 is 23.1 Å². The number of nitrogens with one attached hydrogen (secondary N) is 2. The Morgan fingerprint density at radius 3 is 2.65 bits per heavy atom. The molecule has 2 N–H and O–H groups in total. The van der Waals surface area contributed by atoms with Crippen LogP contribution in [0.1, 0.15) is 28.0 Å². The Balaban J connectivity index is 1.93. The van der Waals surface area contributed by atoms with Crippen LogP contribution in [0.2, 0.25) is 0 Å². The number of aryl methyl sites for hydroxylation is 1. The molecule has 0 saturated heterocycles. The Morgan fingerprint density at radius 2 is 1.96 bits per heavy atom. The molecule has 2 rings (SSSR count). The van der Waals surface area contributed by atoms with Gasteiger partial charge in [-0.1, -0.05) is 12.1 Å². The van der Waals surface area contributed by atoms with Crippen LogP contribution in [0.5, 0.6) is 0 Å². The molecule has 0 spiro atoms. The maximum atomic E-state index is 12.3. The molecule has 2 aromatic rings. The van der Waals surface area contributed by atoms with E-state index in [0.717, 1.165) is 21.3 Å². The molecular weight excluding hydrogens is 330 g/mol. The molecule has 0 aliphatic carbocycles. The Morgan fingerprint density at radius 1 is 1.22 bits per heavy atom. The van der Waals surface area contributed by atoms with Crippen LogP contribution in [0.15, 0.2) is 34.5 Å². The Kier molecular flexibility index (Phi) is 6.61. The van der Waals surface area contributed by atoms with Gasteiger partial charge in [-0.2, -0.15) is 0 Å². The molecule has 1 heterocycles. The highest BCUT2D eigenvalue weighted by Crippen LogP contribution is 2.26. The summed E-state index contributed by atoms with van der Waals surface area (Å²) in [5.74, 6) is 0.502. The first kappa shape index (κ1) is 17.5. The number of thiazole rings is 1. The second-order valence-electron chi connectivity index (χ2n) is 4.88. The molecule has 0 fully saturated rings. The fraction of sp³-hybridized carbons (Fsp3) is 0.312. The summed E-state index contributed by atoms with van der Waals surface area (Å²) in [6, 6.07) is 7.51. The molecule has 2 amide bonds. The van der Waals surface area contributed by atoms with Gasteiger partial charge in [0.25, 0.3) is 5.91 Å². The van der Waals surface area contributed by atoms with Crippen LogP contribution in [0.25, 0.3) is 0 Å². The molecule has 0 saturated carbocycles. The maximum Gasteiger partial charge on any atom is 0.252 e. The SMILES string of the molecule is CC(=O)NCCNC(=O)c1ccccc1SCc1csc(C)n1. The number of nitrogens with zero attached hydrogens (tertiary/aromatic N) is 1. The molecule has 122 valence electrons. The summed E-state index contributed by atoms with van der Waals surface area (Å²) >= 11 is 3.23. The predicted molar refractivity (Wildman–Crippen MR) is 93.9 cm³/mol. The number of amides is 2. The van der Waals surface area contributed by atoms with Crippen LogP contribution < -0.4 is 10.6 Å². The van der Waals surface area contributed by atoms with E-state index in [2.05, 4.69) is 15.6 Å². The molecule has 0 aliphatic rings. The molecule has 0 bridgehead atoms. The van der Waals surface area contributed by atoms with Crippen molar-refractivity contribution in [3.8, 4) is 0 Å². The Bertz CT molecular complexity index is 685. The smallest absolute Gasteiger partial charge is 0.252 e. The molecule has 5 nitrogen and oxygen atoms in total. The summed E-state index contributed by atoms with van der Waals surface area (Å²) in [6.07, 6.45) is 0. The van der Waals surface area contributed by atoms with Crippen molar-refractivity contribution in [1.82, 2.24) is 15.6 Å². The summed E-state index contributed by atoms with van der Waals surface area (Å²) in [6.45, 7) is 4.26. The van der Waals surface area contributed by atoms with Crippen LogP contribution in [-0.2, 0) is 10.5 Å². The first-order valence-electron chi connectivity index (χ1n) is 7.21. The Hall–Kier alpha value is -1.86. The lowest BCUT2D eigenvalue weighted by Crippen LogP contribution is -2.33. The summed E-state index contributed by atoms with van der Waals surface area (Å²) in [4.78, 5) is 28.4. The van der Waals surface area contributed by atoms with Gasteiger partial charge in [-0.3, -0.25) is 9.59 Å². The van der Waals surface area contributed by atoms with Gasteiger partial charge in [0, 0.05) is 36.0 Å². The van der Waals surface area contributed by atoms with Crippen LogP contribution in [0, 0.1) is 6.92 Å². The third-order valence-electron chi connectivity index (χ3n) is 2.96. The Labute approximate surface area is 143 Å². The minimum absolute atomic E-state index is 0.103. The molecule has 0 aliphatic heterocycles. The summed E-state index contributed by atoms with van der Waals surface area (Å²) < 4.78 is 0. The van der Waals surface area contributed by atoms with Crippen molar-refractivity contribution in [2.24, 2.45) is 0 Å². The van der Waals surface area contributed by atoms with Gasteiger partial charge in [0.05, 0.1) is 16.3 Å². The van der Waals surface area contributed by atoms with E-state index in [1.54, 1.807) is 23.1 Å². The third kappa shape index (κ3) is 5.69. The number of carbonyl (C=O) groups excluding carboxylic acids is 2. The zero-order valence-corrected chi connectivity index (χ0v) is 14.7. The number of aromatic nitrogens is 1. The molecule has 23 heavy (non-hydrogen) atoms. The lowest BCUT2D eigenvalue weighted by atomic mass is 10.2. The van der Waals surface area contributed by atoms with Gasteiger partial charge in [0.2, 0.25) is 5.91 Å². The largest absolute Gasteiger partial charge is 0.355 e. The van der Waals surface area contributed by atoms with Gasteiger partial charge in [-0.25, -0.2) is 4.98 Å². The highest BCUT2D eigenvalue weighted by Gasteiger charge is 2.11. The maximum absolute atomic E-state index is 12.3. The van der Waals surface area contributed by atoms with Crippen molar-refractivity contribution < 1.29 is 9.59 Å². The van der Waals surface area contributed by atoms with Crippen LogP contribution in [0.3, 0.4) is 0 Å². The average Bonchev–Trinajstić information content (AvgIpc) is 2.95. The minimum atomic E-state index is -0.132. The fourth-order valence-corrected chi connectivity index (χ4v) is 3.58. The first-order chi connectivity index (χ1) is 11.1. The van der Waals surface area contributed by atoms with Gasteiger partial charge in [-0.15, -0.1) is 23.1 Å². The second kappa shape index (κ2) is 8.69. The van der Waals surface area contributed by atoms with Crippen molar-refractivity contribution in [3.63, 3.8) is 0 Å². The standard InChI is InChI=1S/C16H19N3O2S2/c1-11(20)17-7-8-18-16(21)14-5-3-4-6-15(14)23-10-13-9-22-12(2)19-13/h3-6,9H,7-8,10H2,1-2H3,(H,17,20)(H,18,21). The van der Waals surface area contributed by atoms with Crippen molar-refractivity contribution in [2.45, 2.75) is 24.5 Å². The number of carbonyl (C=O) groups is 2. The zero-order chi connectivity index (χ0) is 16.7. The van der Waals surface area contributed by atoms with Crippen molar-refractivity contribution >= 4 is 34.9 Å². The molecule has 0 radical (unpaired) electrons. The van der Waals surface area contributed by atoms with Crippen molar-refractivity contribution in [3.05, 3.63) is 45.9 Å². The molecule has 1 aromatic heterocycles. The quantitative estimate of drug-likeness (QED) is 0.595. The van der Waals surface area contributed by atoms with Gasteiger partial charge in [-0.05, 0) is 19.1 Å². The summed E-state index contributed by atoms with van der Waals surface area (Å²) in [7, 11) is 0. The number of hydrogen-bond acceptors (Lipinski definition) is 5. The van der Waals surface area contributed by atoms with Gasteiger partial charge in [0.15, 0.2) is 0 Å². The lowest BCUT2D eigenvalue weighted by molar-refractivity contribution is -0.118. The number of thioether (sulfide) groups is 1. The van der Waals surface area contributed by atoms with Crippen LogP contribution in [0.4, 0.5) is 0 Å². The molecule has 0 unspecified atom stereocenters. The molecule has 1 aromatic carbocycles. The van der Waals surface area contributed by atoms with Crippen LogP contribution in [-0.4, -0.2) is 29.9 Å². The minimum Gasteiger partial charge on any atom is -0.355 e. The van der Waals surface area contributed by atoms with Crippen molar-refractivity contribution in [2.75, 3.05) is 13.1 Å². The topological polar surface area (TPSA) is 71.1 Å². The molecular formula is C16H19N3O2S2. The lowest BCUT2D eigenvalue weighted by Gasteiger charge is -2.09. The van der Waals surface area contributed by atoms with Gasteiger partial charge in [0.1, 0.15) is 0 Å². The fourth-order valence-electron chi connectivity index (χ4n) is 1.92. The average molecular weight is 349 g/mol. The van der Waals surface area contributed by atoms with E-state index >= 15 is 0 Å². The second-order valence-corrected chi connectivity index (χ2v) is 6.96. The summed E-state index contributed by atoms with van der Waals surface area (Å²) in [5, 5.41) is 8.55. The van der Waals surface area contributed by atoms with E-state index in [-0.39, 0.29) is 11.8 Å². The van der Waals surface area contributed by atoms with Gasteiger partial charge < -0.3 is 10.6 Å². The number of rotatable bonds is 7. The van der Waals surface area contributed by atoms with E-state index in [9.17, 15) is 9.59 Å². The predicted octanol–water partition coefficient (Wildman–Crippen LogP) is 2.61. The van der Waals surface area contributed by atoms with Crippen molar-refractivity contribution in [1.29, 1.82) is 0 Å². The van der Waals surface area contributed by atoms with E-state index in [1.807, 2.05) is 36.6 Å². The van der Waals surface area contributed by atoms with E-state index < -0.39 is 0 Å². The third-order valence-corrected chi connectivity index (χ3v) is 4.89. The highest BCUT2D eigenvalue weighted by molar-refractivity contribution is 7.98. The zero-order valence-electron chi connectivity index (χ0n) is 13.1. The molecule has 0 atom stereocenters. The first-order valence-corrected chi connectivity index (χ1v) is 9.08. The van der Waals surface area contributed by atoms with E-state index in [4.69, 9.17) is 0 Å². The van der Waals surface area contributed by atoms with E-state index in [0.29, 0.717) is 18.7 Å². The van der Waals surface area contributed by atoms with Gasteiger partial charge >= 0.3 is 0 Å². The normalized spacial score (nSPS) is 10.3. The molecule has 7 heteroatoms. The number of benzene rings is 1. The monoisotopic (exact) mass is 349 g/mol. The number of hydrogen-bond donors (Lipinski definition) is 2. The summed E-state index contributed by atoms with van der Waals surface area (Å²) in [5.41, 5.74) is 1.67.